The summed E-state index contributed by atoms with van der Waals surface area (Å²) in [4.78, 5) is 15.5. The molecule has 1 aliphatic carbocycles. The molecular weight excluding hydrogens is 162 g/mol. The molecule has 0 radical (unpaired) electrons. The third kappa shape index (κ3) is 1.39. The Morgan fingerprint density at radius 3 is 3.08 bits per heavy atom. The minimum Gasteiger partial charge on any atom is -0.288 e. The van der Waals surface area contributed by atoms with Gasteiger partial charge in [-0.3, -0.25) is 4.79 Å². The van der Waals surface area contributed by atoms with Crippen LogP contribution in [0.4, 0.5) is 0 Å². The van der Waals surface area contributed by atoms with Crippen LogP contribution in [0.3, 0.4) is 0 Å². The molecule has 2 heteroatoms. The molecule has 0 aliphatic heterocycles. The van der Waals surface area contributed by atoms with E-state index >= 15 is 0 Å². The van der Waals surface area contributed by atoms with Crippen LogP contribution in [0, 0.1) is 0 Å². The van der Waals surface area contributed by atoms with Crippen LogP contribution in [0.25, 0.3) is 0 Å². The van der Waals surface area contributed by atoms with Crippen molar-refractivity contribution in [1.29, 1.82) is 0 Å². The number of allylic oxidation sites excluding steroid dienone is 1. The van der Waals surface area contributed by atoms with Crippen LogP contribution in [0.1, 0.15) is 28.2 Å². The van der Waals surface area contributed by atoms with E-state index in [9.17, 15) is 4.79 Å². The number of fused-ring (bicyclic) bond motifs is 1. The Hall–Kier alpha value is -1.44. The first-order chi connectivity index (χ1) is 6.31. The summed E-state index contributed by atoms with van der Waals surface area (Å²) in [6, 6.07) is 3.79. The zero-order valence-electron chi connectivity index (χ0n) is 7.42. The van der Waals surface area contributed by atoms with Gasteiger partial charge in [0.15, 0.2) is 0 Å². The highest BCUT2D eigenvalue weighted by molar-refractivity contribution is 6.02. The number of aryl methyl sites for hydroxylation is 2. The van der Waals surface area contributed by atoms with Gasteiger partial charge in [0.2, 0.25) is 5.78 Å². The van der Waals surface area contributed by atoms with Gasteiger partial charge in [0.25, 0.3) is 0 Å². The molecule has 0 N–H and O–H groups in total. The highest BCUT2D eigenvalue weighted by atomic mass is 16.1. The summed E-state index contributed by atoms with van der Waals surface area (Å²) in [6.07, 6.45) is 4.58. The van der Waals surface area contributed by atoms with Gasteiger partial charge >= 0.3 is 0 Å². The van der Waals surface area contributed by atoms with E-state index in [2.05, 4.69) is 11.6 Å². The topological polar surface area (TPSA) is 30.0 Å². The summed E-state index contributed by atoms with van der Waals surface area (Å²) >= 11 is 0. The molecular formula is C11H11NO. The Kier molecular flexibility index (Phi) is 1.97. The lowest BCUT2D eigenvalue weighted by molar-refractivity contribution is 0.104. The molecule has 1 aliphatic rings. The first-order valence-corrected chi connectivity index (χ1v) is 4.47. The maximum Gasteiger partial charge on any atom is 0.203 e. The second-order valence-corrected chi connectivity index (χ2v) is 3.22. The van der Waals surface area contributed by atoms with Crippen molar-refractivity contribution in [2.45, 2.75) is 19.3 Å². The third-order valence-electron chi connectivity index (χ3n) is 2.37. The molecule has 1 aromatic rings. The van der Waals surface area contributed by atoms with Gasteiger partial charge in [-0.15, -0.1) is 0 Å². The number of ketones is 1. The zero-order valence-corrected chi connectivity index (χ0v) is 7.42. The Balaban J connectivity index is 2.41. The van der Waals surface area contributed by atoms with Gasteiger partial charge in [-0.2, -0.15) is 0 Å². The molecule has 1 aromatic heterocycles. The second kappa shape index (κ2) is 3.13. The Bertz CT molecular complexity index is 368. The van der Waals surface area contributed by atoms with Gasteiger partial charge in [0.1, 0.15) is 5.69 Å². The van der Waals surface area contributed by atoms with E-state index < -0.39 is 0 Å². The van der Waals surface area contributed by atoms with E-state index in [0.717, 1.165) is 25.0 Å². The molecule has 2 rings (SSSR count). The van der Waals surface area contributed by atoms with Crippen LogP contribution in [0.15, 0.2) is 24.8 Å². The van der Waals surface area contributed by atoms with Crippen molar-refractivity contribution in [1.82, 2.24) is 4.98 Å². The smallest absolute Gasteiger partial charge is 0.203 e. The summed E-state index contributed by atoms with van der Waals surface area (Å²) < 4.78 is 0. The number of nitrogens with zero attached hydrogens (tertiary/aromatic N) is 1. The maximum absolute atomic E-state index is 11.2. The van der Waals surface area contributed by atoms with Gasteiger partial charge in [-0.1, -0.05) is 12.6 Å². The van der Waals surface area contributed by atoms with Gasteiger partial charge in [0, 0.05) is 5.69 Å². The molecule has 0 saturated heterocycles. The summed E-state index contributed by atoms with van der Waals surface area (Å²) in [5.74, 6) is -0.0882. The Labute approximate surface area is 77.3 Å². The van der Waals surface area contributed by atoms with Crippen LogP contribution in [0.2, 0.25) is 0 Å². The summed E-state index contributed by atoms with van der Waals surface area (Å²) in [5.41, 5.74) is 2.91. The number of aromatic nitrogens is 1. The van der Waals surface area contributed by atoms with Gasteiger partial charge < -0.3 is 0 Å². The minimum atomic E-state index is -0.0882. The van der Waals surface area contributed by atoms with Gasteiger partial charge in [-0.05, 0) is 37.0 Å². The lowest BCUT2D eigenvalue weighted by Crippen LogP contribution is -2.00. The molecule has 0 atom stereocenters. The maximum atomic E-state index is 11.2. The molecule has 0 spiro atoms. The molecule has 0 saturated carbocycles. The zero-order chi connectivity index (χ0) is 9.26. The van der Waals surface area contributed by atoms with E-state index in [1.165, 1.54) is 11.6 Å². The number of rotatable bonds is 2. The second-order valence-electron chi connectivity index (χ2n) is 3.22. The van der Waals surface area contributed by atoms with Gasteiger partial charge in [-0.25, -0.2) is 4.98 Å². The van der Waals surface area contributed by atoms with E-state index in [1.54, 1.807) is 6.07 Å². The average molecular weight is 173 g/mol. The Morgan fingerprint density at radius 1 is 1.46 bits per heavy atom. The van der Waals surface area contributed by atoms with Crippen LogP contribution in [-0.4, -0.2) is 10.8 Å². The minimum absolute atomic E-state index is 0.0882. The predicted octanol–water partition coefficient (Wildman–Crippen LogP) is 1.94. The standard InChI is InChI=1S/C11H11NO/c1-2-11(13)10-7-6-8-4-3-5-9(8)12-10/h2,6-7H,1,3-5H2. The number of pyridine rings is 1. The normalized spacial score (nSPS) is 13.8. The molecule has 0 unspecified atom stereocenters. The van der Waals surface area contributed by atoms with E-state index in [-0.39, 0.29) is 5.78 Å². The number of carbonyl (C=O) groups is 1. The molecule has 0 fully saturated rings. The monoisotopic (exact) mass is 173 g/mol. The molecule has 0 aromatic carbocycles. The number of carbonyl (C=O) groups excluding carboxylic acids is 1. The van der Waals surface area contributed by atoms with Crippen molar-refractivity contribution in [2.24, 2.45) is 0 Å². The van der Waals surface area contributed by atoms with Crippen molar-refractivity contribution in [3.05, 3.63) is 41.7 Å². The SMILES string of the molecule is C=CC(=O)c1ccc2c(n1)CCC2. The summed E-state index contributed by atoms with van der Waals surface area (Å²) in [6.45, 7) is 3.44. The largest absolute Gasteiger partial charge is 0.288 e. The predicted molar refractivity (Wildman–Crippen MR) is 50.8 cm³/mol. The van der Waals surface area contributed by atoms with Crippen LogP contribution < -0.4 is 0 Å². The van der Waals surface area contributed by atoms with E-state index in [0.29, 0.717) is 5.69 Å². The average Bonchev–Trinajstić information content (AvgIpc) is 2.63. The van der Waals surface area contributed by atoms with Crippen LogP contribution in [0.5, 0.6) is 0 Å². The van der Waals surface area contributed by atoms with Crippen molar-refractivity contribution in [3.8, 4) is 0 Å². The fourth-order valence-electron chi connectivity index (χ4n) is 1.66. The first kappa shape index (κ1) is 8.17. The molecule has 13 heavy (non-hydrogen) atoms. The first-order valence-electron chi connectivity index (χ1n) is 4.47. The fourth-order valence-corrected chi connectivity index (χ4v) is 1.66. The van der Waals surface area contributed by atoms with E-state index in [4.69, 9.17) is 0 Å². The summed E-state index contributed by atoms with van der Waals surface area (Å²) in [7, 11) is 0. The van der Waals surface area contributed by atoms with Crippen molar-refractivity contribution >= 4 is 5.78 Å². The van der Waals surface area contributed by atoms with Crippen molar-refractivity contribution < 1.29 is 4.79 Å². The molecule has 66 valence electrons. The Morgan fingerprint density at radius 2 is 2.31 bits per heavy atom. The number of hydrogen-bond donors (Lipinski definition) is 0. The number of hydrogen-bond acceptors (Lipinski definition) is 2. The quantitative estimate of drug-likeness (QED) is 0.505. The van der Waals surface area contributed by atoms with E-state index in [1.807, 2.05) is 6.07 Å². The van der Waals surface area contributed by atoms with Crippen LogP contribution in [-0.2, 0) is 12.8 Å². The molecule has 0 amide bonds. The third-order valence-corrected chi connectivity index (χ3v) is 2.37. The lowest BCUT2D eigenvalue weighted by Gasteiger charge is -1.99. The van der Waals surface area contributed by atoms with Gasteiger partial charge in [0.05, 0.1) is 0 Å². The highest BCUT2D eigenvalue weighted by Crippen LogP contribution is 2.19. The highest BCUT2D eigenvalue weighted by Gasteiger charge is 2.13. The molecule has 1 heterocycles. The summed E-state index contributed by atoms with van der Waals surface area (Å²) in [5, 5.41) is 0. The van der Waals surface area contributed by atoms with Crippen LogP contribution >= 0.6 is 0 Å². The molecule has 2 nitrogen and oxygen atoms in total. The van der Waals surface area contributed by atoms with Crippen molar-refractivity contribution in [3.63, 3.8) is 0 Å². The fraction of sp³-hybridized carbons (Fsp3) is 0.273. The molecule has 0 bridgehead atoms. The lowest BCUT2D eigenvalue weighted by atomic mass is 10.2. The van der Waals surface area contributed by atoms with Crippen molar-refractivity contribution in [2.75, 3.05) is 0 Å².